The smallest absolute Gasteiger partial charge is 0.255 e. The predicted octanol–water partition coefficient (Wildman–Crippen LogP) is 2.37. The lowest BCUT2D eigenvalue weighted by atomic mass is 10.2. The van der Waals surface area contributed by atoms with E-state index in [0.717, 1.165) is 0 Å². The van der Waals surface area contributed by atoms with E-state index < -0.39 is 5.82 Å². The summed E-state index contributed by atoms with van der Waals surface area (Å²) >= 11 is 0. The molecular formula is C17H18FN3O3. The Hall–Kier alpha value is -2.93. The number of nitrogens with one attached hydrogen (secondary N) is 2. The molecule has 0 radical (unpaired) electrons. The van der Waals surface area contributed by atoms with Crippen LogP contribution in [0, 0.1) is 5.82 Å². The molecule has 0 aliphatic rings. The number of amides is 2. The topological polar surface area (TPSA) is 93.5 Å². The largest absolute Gasteiger partial charge is 0.495 e. The zero-order valence-electron chi connectivity index (χ0n) is 13.1. The first-order chi connectivity index (χ1) is 11.5. The number of nitrogens with two attached hydrogens (primary N) is 1. The molecule has 126 valence electrons. The summed E-state index contributed by atoms with van der Waals surface area (Å²) in [6, 6.07) is 10.0. The molecule has 0 fully saturated rings. The van der Waals surface area contributed by atoms with E-state index in [9.17, 15) is 14.0 Å². The Labute approximate surface area is 138 Å². The van der Waals surface area contributed by atoms with Crippen LogP contribution in [-0.2, 0) is 4.79 Å². The van der Waals surface area contributed by atoms with Gasteiger partial charge in [-0.15, -0.1) is 0 Å². The number of carbonyl (C=O) groups is 2. The first-order valence-electron chi connectivity index (χ1n) is 7.28. The molecule has 0 heterocycles. The summed E-state index contributed by atoms with van der Waals surface area (Å²) < 4.78 is 18.1. The summed E-state index contributed by atoms with van der Waals surface area (Å²) in [7, 11) is 1.48. The molecule has 2 aromatic rings. The molecule has 0 aliphatic carbocycles. The van der Waals surface area contributed by atoms with E-state index in [1.807, 2.05) is 0 Å². The Kier molecular flexibility index (Phi) is 5.86. The fraction of sp³-hybridized carbons (Fsp3) is 0.176. The molecule has 0 bridgehead atoms. The highest BCUT2D eigenvalue weighted by Crippen LogP contribution is 2.28. The minimum absolute atomic E-state index is 0.176. The maximum Gasteiger partial charge on any atom is 0.255 e. The minimum Gasteiger partial charge on any atom is -0.495 e. The van der Waals surface area contributed by atoms with Crippen LogP contribution in [0.4, 0.5) is 15.8 Å². The number of benzene rings is 2. The second-order valence-corrected chi connectivity index (χ2v) is 4.96. The number of hydrogen-bond acceptors (Lipinski definition) is 4. The number of hydrogen-bond donors (Lipinski definition) is 3. The Morgan fingerprint density at radius 1 is 1.12 bits per heavy atom. The third kappa shape index (κ3) is 4.53. The van der Waals surface area contributed by atoms with Gasteiger partial charge in [-0.3, -0.25) is 9.59 Å². The van der Waals surface area contributed by atoms with Crippen molar-refractivity contribution in [1.29, 1.82) is 0 Å². The monoisotopic (exact) mass is 331 g/mol. The number of methoxy groups -OCH3 is 1. The molecule has 0 aliphatic heterocycles. The normalized spacial score (nSPS) is 10.1. The van der Waals surface area contributed by atoms with Crippen molar-refractivity contribution in [1.82, 2.24) is 0 Å². The summed E-state index contributed by atoms with van der Waals surface area (Å²) in [5, 5.41) is 5.36. The van der Waals surface area contributed by atoms with E-state index in [1.54, 1.807) is 18.2 Å². The quantitative estimate of drug-likeness (QED) is 0.757. The number of ether oxygens (including phenoxy) is 1. The van der Waals surface area contributed by atoms with Crippen molar-refractivity contribution in [3.05, 3.63) is 53.8 Å². The van der Waals surface area contributed by atoms with Crippen LogP contribution in [0.5, 0.6) is 5.75 Å². The van der Waals surface area contributed by atoms with Gasteiger partial charge in [-0.25, -0.2) is 4.39 Å². The molecule has 6 nitrogen and oxygen atoms in total. The van der Waals surface area contributed by atoms with Crippen molar-refractivity contribution >= 4 is 23.2 Å². The van der Waals surface area contributed by atoms with Crippen LogP contribution in [0.2, 0.25) is 0 Å². The van der Waals surface area contributed by atoms with Crippen LogP contribution >= 0.6 is 0 Å². The van der Waals surface area contributed by atoms with Gasteiger partial charge in [-0.1, -0.05) is 0 Å². The van der Waals surface area contributed by atoms with Gasteiger partial charge in [-0.2, -0.15) is 0 Å². The van der Waals surface area contributed by atoms with Crippen molar-refractivity contribution in [2.45, 2.75) is 6.42 Å². The van der Waals surface area contributed by atoms with E-state index in [1.165, 1.54) is 31.4 Å². The average molecular weight is 331 g/mol. The lowest BCUT2D eigenvalue weighted by molar-refractivity contribution is -0.116. The van der Waals surface area contributed by atoms with Crippen molar-refractivity contribution in [3.8, 4) is 5.75 Å². The highest BCUT2D eigenvalue weighted by atomic mass is 19.1. The van der Waals surface area contributed by atoms with Crippen LogP contribution in [0.25, 0.3) is 0 Å². The molecule has 0 spiro atoms. The van der Waals surface area contributed by atoms with Crippen molar-refractivity contribution in [3.63, 3.8) is 0 Å². The van der Waals surface area contributed by atoms with E-state index in [2.05, 4.69) is 10.6 Å². The molecule has 0 atom stereocenters. The molecule has 0 unspecified atom stereocenters. The lowest BCUT2D eigenvalue weighted by Gasteiger charge is -2.12. The number of carbonyl (C=O) groups excluding carboxylic acids is 2. The van der Waals surface area contributed by atoms with Gasteiger partial charge in [-0.05, 0) is 42.5 Å². The first kappa shape index (κ1) is 17.4. The summed E-state index contributed by atoms with van der Waals surface area (Å²) in [4.78, 5) is 23.8. The molecule has 7 heteroatoms. The Balaban J connectivity index is 2.16. The molecule has 2 rings (SSSR count). The number of rotatable bonds is 6. The molecule has 4 N–H and O–H groups in total. The molecule has 24 heavy (non-hydrogen) atoms. The highest BCUT2D eigenvalue weighted by Gasteiger charge is 2.11. The molecular weight excluding hydrogens is 313 g/mol. The Bertz CT molecular complexity index is 732. The molecule has 0 saturated heterocycles. The standard InChI is InChI=1S/C17H18FN3O3/c1-24-15-7-6-13(10-14(15)21-16(22)8-9-19)20-17(23)11-2-4-12(18)5-3-11/h2-7,10H,8-9,19H2,1H3,(H,20,23)(H,21,22). The SMILES string of the molecule is COc1ccc(NC(=O)c2ccc(F)cc2)cc1NC(=O)CCN. The third-order valence-corrected chi connectivity index (χ3v) is 3.21. The average Bonchev–Trinajstić information content (AvgIpc) is 2.56. The van der Waals surface area contributed by atoms with Crippen LogP contribution < -0.4 is 21.1 Å². The van der Waals surface area contributed by atoms with Crippen molar-refractivity contribution in [2.24, 2.45) is 5.73 Å². The summed E-state index contributed by atoms with van der Waals surface area (Å²) in [6.45, 7) is 0.231. The first-order valence-corrected chi connectivity index (χ1v) is 7.28. The van der Waals surface area contributed by atoms with Gasteiger partial charge < -0.3 is 21.1 Å². The fourth-order valence-corrected chi connectivity index (χ4v) is 2.03. The Morgan fingerprint density at radius 2 is 1.83 bits per heavy atom. The fourth-order valence-electron chi connectivity index (χ4n) is 2.03. The molecule has 2 aromatic carbocycles. The van der Waals surface area contributed by atoms with Gasteiger partial charge in [0.1, 0.15) is 11.6 Å². The van der Waals surface area contributed by atoms with Gasteiger partial charge in [0.05, 0.1) is 12.8 Å². The van der Waals surface area contributed by atoms with E-state index in [4.69, 9.17) is 10.5 Å². The second-order valence-electron chi connectivity index (χ2n) is 4.96. The van der Waals surface area contributed by atoms with Crippen LogP contribution in [0.1, 0.15) is 16.8 Å². The molecule has 2 amide bonds. The van der Waals surface area contributed by atoms with Gasteiger partial charge in [0.25, 0.3) is 5.91 Å². The summed E-state index contributed by atoms with van der Waals surface area (Å²) in [5.41, 5.74) is 6.56. The molecule has 0 saturated carbocycles. The van der Waals surface area contributed by atoms with Gasteiger partial charge in [0.15, 0.2) is 0 Å². The van der Waals surface area contributed by atoms with E-state index in [-0.39, 0.29) is 24.8 Å². The van der Waals surface area contributed by atoms with Gasteiger partial charge in [0.2, 0.25) is 5.91 Å². The van der Waals surface area contributed by atoms with Gasteiger partial charge in [0, 0.05) is 24.2 Å². The lowest BCUT2D eigenvalue weighted by Crippen LogP contribution is -2.17. The second kappa shape index (κ2) is 8.07. The van der Waals surface area contributed by atoms with Crippen molar-refractivity contribution < 1.29 is 18.7 Å². The predicted molar refractivity (Wildman–Crippen MR) is 89.6 cm³/mol. The number of halogens is 1. The third-order valence-electron chi connectivity index (χ3n) is 3.21. The maximum absolute atomic E-state index is 12.9. The summed E-state index contributed by atoms with van der Waals surface area (Å²) in [6.07, 6.45) is 0.176. The van der Waals surface area contributed by atoms with E-state index >= 15 is 0 Å². The van der Waals surface area contributed by atoms with Crippen LogP contribution in [0.15, 0.2) is 42.5 Å². The molecule has 0 aromatic heterocycles. The van der Waals surface area contributed by atoms with Gasteiger partial charge >= 0.3 is 0 Å². The summed E-state index contributed by atoms with van der Waals surface area (Å²) in [5.74, 6) is -0.599. The Morgan fingerprint density at radius 3 is 2.46 bits per heavy atom. The minimum atomic E-state index is -0.416. The zero-order valence-corrected chi connectivity index (χ0v) is 13.1. The zero-order chi connectivity index (χ0) is 17.5. The van der Waals surface area contributed by atoms with Crippen molar-refractivity contribution in [2.75, 3.05) is 24.3 Å². The number of anilines is 2. The maximum atomic E-state index is 12.9. The van der Waals surface area contributed by atoms with Crippen LogP contribution in [0.3, 0.4) is 0 Å². The van der Waals surface area contributed by atoms with E-state index in [0.29, 0.717) is 22.7 Å². The van der Waals surface area contributed by atoms with Crippen LogP contribution in [-0.4, -0.2) is 25.5 Å². The highest BCUT2D eigenvalue weighted by molar-refractivity contribution is 6.04.